The van der Waals surface area contributed by atoms with Crippen molar-refractivity contribution in [2.45, 2.75) is 26.4 Å². The van der Waals surface area contributed by atoms with Gasteiger partial charge in [-0.3, -0.25) is 0 Å². The molecular weight excluding hydrogens is 295 g/mol. The van der Waals surface area contributed by atoms with Crippen LogP contribution >= 0.6 is 23.2 Å². The largest absolute Gasteiger partial charge is 0.380 e. The quantitative estimate of drug-likeness (QED) is 0.760. The fraction of sp³-hybridized carbons (Fsp3) is 0.333. The molecule has 0 bridgehead atoms. The van der Waals surface area contributed by atoms with Crippen LogP contribution in [0.3, 0.4) is 0 Å². The molecule has 2 rings (SSSR count). The third kappa shape index (κ3) is 3.29. The molecule has 20 heavy (non-hydrogen) atoms. The molecule has 1 aromatic heterocycles. The number of rotatable bonds is 5. The Labute approximate surface area is 128 Å². The van der Waals surface area contributed by atoms with Gasteiger partial charge in [0.25, 0.3) is 0 Å². The van der Waals surface area contributed by atoms with E-state index in [0.717, 1.165) is 29.5 Å². The molecule has 5 heteroatoms. The Morgan fingerprint density at radius 2 is 1.75 bits per heavy atom. The van der Waals surface area contributed by atoms with Gasteiger partial charge in [-0.1, -0.05) is 60.8 Å². The monoisotopic (exact) mass is 310 g/mol. The Bertz CT molecular complexity index is 579. The first-order chi connectivity index (χ1) is 9.67. The van der Waals surface area contributed by atoms with E-state index in [1.54, 1.807) is 7.11 Å². The molecule has 0 atom stereocenters. The molecule has 0 amide bonds. The third-order valence-electron chi connectivity index (χ3n) is 2.96. The highest BCUT2D eigenvalue weighted by atomic mass is 35.5. The minimum absolute atomic E-state index is 0.425. The van der Waals surface area contributed by atoms with Gasteiger partial charge in [-0.25, -0.2) is 9.97 Å². The van der Waals surface area contributed by atoms with Gasteiger partial charge in [0.15, 0.2) is 5.82 Å². The summed E-state index contributed by atoms with van der Waals surface area (Å²) >= 11 is 12.5. The van der Waals surface area contributed by atoms with Crippen molar-refractivity contribution in [2.75, 3.05) is 7.11 Å². The molecule has 0 N–H and O–H groups in total. The lowest BCUT2D eigenvalue weighted by Crippen LogP contribution is -2.00. The molecule has 2 aromatic rings. The fourth-order valence-electron chi connectivity index (χ4n) is 2.03. The van der Waals surface area contributed by atoms with Crippen molar-refractivity contribution in [1.29, 1.82) is 0 Å². The molecule has 3 nitrogen and oxygen atoms in total. The van der Waals surface area contributed by atoms with Crippen molar-refractivity contribution < 1.29 is 4.74 Å². The molecule has 0 unspecified atom stereocenters. The van der Waals surface area contributed by atoms with Crippen LogP contribution in [0.1, 0.15) is 24.5 Å². The second kappa shape index (κ2) is 7.02. The average molecular weight is 311 g/mol. The van der Waals surface area contributed by atoms with Gasteiger partial charge >= 0.3 is 0 Å². The summed E-state index contributed by atoms with van der Waals surface area (Å²) in [4.78, 5) is 8.76. The summed E-state index contributed by atoms with van der Waals surface area (Å²) in [6.45, 7) is 2.56. The summed E-state index contributed by atoms with van der Waals surface area (Å²) in [5, 5.41) is 0.850. The summed E-state index contributed by atoms with van der Waals surface area (Å²) in [6.07, 6.45) is 1.72. The average Bonchev–Trinajstić information content (AvgIpc) is 2.43. The van der Waals surface area contributed by atoms with Crippen LogP contribution in [-0.4, -0.2) is 17.1 Å². The molecule has 0 saturated carbocycles. The molecule has 0 aliphatic rings. The molecule has 0 saturated heterocycles. The number of aromatic nitrogens is 2. The number of hydrogen-bond donors (Lipinski definition) is 0. The van der Waals surface area contributed by atoms with Crippen LogP contribution in [0.2, 0.25) is 10.3 Å². The summed E-state index contributed by atoms with van der Waals surface area (Å²) < 4.78 is 5.19. The van der Waals surface area contributed by atoms with E-state index >= 15 is 0 Å². The van der Waals surface area contributed by atoms with Crippen LogP contribution in [0.25, 0.3) is 11.4 Å². The van der Waals surface area contributed by atoms with E-state index < -0.39 is 0 Å². The van der Waals surface area contributed by atoms with E-state index in [4.69, 9.17) is 27.9 Å². The number of methoxy groups -OCH3 is 1. The molecular formula is C15H16Cl2N2O. The maximum Gasteiger partial charge on any atom is 0.162 e. The van der Waals surface area contributed by atoms with Gasteiger partial charge in [0, 0.05) is 18.2 Å². The molecule has 0 spiro atoms. The minimum atomic E-state index is 0.425. The van der Waals surface area contributed by atoms with Crippen LogP contribution < -0.4 is 0 Å². The summed E-state index contributed by atoms with van der Waals surface area (Å²) in [6, 6.07) is 7.80. The van der Waals surface area contributed by atoms with Crippen molar-refractivity contribution in [1.82, 2.24) is 9.97 Å². The zero-order chi connectivity index (χ0) is 14.5. The van der Waals surface area contributed by atoms with Crippen LogP contribution in [0, 0.1) is 0 Å². The molecule has 1 aromatic carbocycles. The van der Waals surface area contributed by atoms with Crippen LogP contribution in [0.15, 0.2) is 24.3 Å². The first-order valence-electron chi connectivity index (χ1n) is 6.46. The highest BCUT2D eigenvalue weighted by Crippen LogP contribution is 2.28. The van der Waals surface area contributed by atoms with E-state index in [1.807, 2.05) is 24.3 Å². The first kappa shape index (κ1) is 15.2. The molecule has 0 radical (unpaired) electrons. The number of benzene rings is 1. The smallest absolute Gasteiger partial charge is 0.162 e. The third-order valence-corrected chi connectivity index (χ3v) is 3.59. The van der Waals surface area contributed by atoms with E-state index in [0.29, 0.717) is 22.7 Å². The SMILES string of the molecule is CCCc1c(Cl)nc(-c2ccccc2COC)nc1Cl. The van der Waals surface area contributed by atoms with Gasteiger partial charge in [-0.05, 0) is 12.0 Å². The van der Waals surface area contributed by atoms with E-state index in [9.17, 15) is 0 Å². The Morgan fingerprint density at radius 3 is 2.35 bits per heavy atom. The van der Waals surface area contributed by atoms with Crippen molar-refractivity contribution in [3.05, 3.63) is 45.7 Å². The van der Waals surface area contributed by atoms with Crippen molar-refractivity contribution in [3.8, 4) is 11.4 Å². The van der Waals surface area contributed by atoms with Gasteiger partial charge in [0.2, 0.25) is 0 Å². The highest BCUT2D eigenvalue weighted by molar-refractivity contribution is 6.34. The summed E-state index contributed by atoms with van der Waals surface area (Å²) in [5.74, 6) is 0.535. The van der Waals surface area contributed by atoms with Gasteiger partial charge < -0.3 is 4.74 Å². The van der Waals surface area contributed by atoms with Crippen molar-refractivity contribution in [3.63, 3.8) is 0 Å². The predicted octanol–water partition coefficient (Wildman–Crippen LogP) is 4.55. The Morgan fingerprint density at radius 1 is 1.10 bits per heavy atom. The minimum Gasteiger partial charge on any atom is -0.380 e. The maximum atomic E-state index is 6.23. The van der Waals surface area contributed by atoms with Gasteiger partial charge in [-0.15, -0.1) is 0 Å². The maximum absolute atomic E-state index is 6.23. The van der Waals surface area contributed by atoms with Crippen molar-refractivity contribution >= 4 is 23.2 Å². The molecule has 0 fully saturated rings. The molecule has 0 aliphatic heterocycles. The second-order valence-corrected chi connectivity index (χ2v) is 5.16. The Balaban J connectivity index is 2.49. The lowest BCUT2D eigenvalue weighted by molar-refractivity contribution is 0.185. The Kier molecular flexibility index (Phi) is 5.35. The van der Waals surface area contributed by atoms with E-state index in [-0.39, 0.29) is 0 Å². The van der Waals surface area contributed by atoms with Crippen LogP contribution in [0.5, 0.6) is 0 Å². The summed E-state index contributed by atoms with van der Waals surface area (Å²) in [7, 11) is 1.65. The first-order valence-corrected chi connectivity index (χ1v) is 7.22. The summed E-state index contributed by atoms with van der Waals surface area (Å²) in [5.41, 5.74) is 2.70. The second-order valence-electron chi connectivity index (χ2n) is 4.45. The standard InChI is InChI=1S/C15H16Cl2N2O/c1-3-6-12-13(16)18-15(19-14(12)17)11-8-5-4-7-10(11)9-20-2/h4-5,7-8H,3,6,9H2,1-2H3. The predicted molar refractivity (Wildman–Crippen MR) is 82.2 cm³/mol. The zero-order valence-electron chi connectivity index (χ0n) is 11.5. The zero-order valence-corrected chi connectivity index (χ0v) is 13.0. The fourth-order valence-corrected chi connectivity index (χ4v) is 2.60. The molecule has 0 aliphatic carbocycles. The van der Waals surface area contributed by atoms with Crippen molar-refractivity contribution in [2.24, 2.45) is 0 Å². The number of nitrogens with zero attached hydrogens (tertiary/aromatic N) is 2. The van der Waals surface area contributed by atoms with Gasteiger partial charge in [0.1, 0.15) is 10.3 Å². The molecule has 106 valence electrons. The van der Waals surface area contributed by atoms with E-state index in [2.05, 4.69) is 16.9 Å². The van der Waals surface area contributed by atoms with Crippen LogP contribution in [0.4, 0.5) is 0 Å². The number of hydrogen-bond acceptors (Lipinski definition) is 3. The lowest BCUT2D eigenvalue weighted by atomic mass is 10.1. The van der Waals surface area contributed by atoms with E-state index in [1.165, 1.54) is 0 Å². The van der Waals surface area contributed by atoms with Gasteiger partial charge in [-0.2, -0.15) is 0 Å². The topological polar surface area (TPSA) is 35.0 Å². The highest BCUT2D eigenvalue weighted by Gasteiger charge is 2.14. The lowest BCUT2D eigenvalue weighted by Gasteiger charge is -2.10. The number of halogens is 2. The normalized spacial score (nSPS) is 10.8. The Hall–Kier alpha value is -1.16. The van der Waals surface area contributed by atoms with Crippen LogP contribution in [-0.2, 0) is 17.8 Å². The molecule has 1 heterocycles. The number of ether oxygens (including phenoxy) is 1. The van der Waals surface area contributed by atoms with Gasteiger partial charge in [0.05, 0.1) is 6.61 Å².